The van der Waals surface area contributed by atoms with Crippen molar-refractivity contribution < 1.29 is 9.72 Å². The molecule has 7 nitrogen and oxygen atoms in total. The van der Waals surface area contributed by atoms with E-state index in [1.54, 1.807) is 36.4 Å². The highest BCUT2D eigenvalue weighted by Gasteiger charge is 2.22. The summed E-state index contributed by atoms with van der Waals surface area (Å²) in [6, 6.07) is 24.0. The molecule has 0 saturated carbocycles. The zero-order chi connectivity index (χ0) is 19.5. The number of ketones is 1. The summed E-state index contributed by atoms with van der Waals surface area (Å²) >= 11 is 0. The number of hydrogen-bond donors (Lipinski definition) is 0. The maximum atomic E-state index is 13.0. The lowest BCUT2D eigenvalue weighted by atomic mass is 10.0. The van der Waals surface area contributed by atoms with Gasteiger partial charge in [-0.25, -0.2) is 0 Å². The SMILES string of the molecule is O=C(c1ccccc1)c1nn(-c2ccc([N+](=O)[O-])cc2)nc1-c1ccccc1. The third-order valence-electron chi connectivity index (χ3n) is 4.20. The smallest absolute Gasteiger partial charge is 0.269 e. The number of rotatable bonds is 5. The molecule has 0 atom stereocenters. The second-order valence-corrected chi connectivity index (χ2v) is 6.02. The average Bonchev–Trinajstić information content (AvgIpc) is 3.20. The van der Waals surface area contributed by atoms with E-state index < -0.39 is 4.92 Å². The van der Waals surface area contributed by atoms with Gasteiger partial charge in [0.05, 0.1) is 10.6 Å². The lowest BCUT2D eigenvalue weighted by Crippen LogP contribution is -2.05. The molecular formula is C21H14N4O3. The van der Waals surface area contributed by atoms with Crippen LogP contribution in [0.5, 0.6) is 0 Å². The van der Waals surface area contributed by atoms with Gasteiger partial charge in [-0.15, -0.1) is 10.2 Å². The quantitative estimate of drug-likeness (QED) is 0.300. The fourth-order valence-electron chi connectivity index (χ4n) is 2.80. The van der Waals surface area contributed by atoms with Gasteiger partial charge in [0.1, 0.15) is 5.69 Å². The first-order chi connectivity index (χ1) is 13.6. The zero-order valence-electron chi connectivity index (χ0n) is 14.6. The summed E-state index contributed by atoms with van der Waals surface area (Å²) in [6.07, 6.45) is 0. The number of hydrogen-bond acceptors (Lipinski definition) is 5. The molecule has 0 aliphatic rings. The van der Waals surface area contributed by atoms with Crippen LogP contribution in [0.2, 0.25) is 0 Å². The fraction of sp³-hybridized carbons (Fsp3) is 0. The second-order valence-electron chi connectivity index (χ2n) is 6.02. The number of non-ortho nitro benzene ring substituents is 1. The van der Waals surface area contributed by atoms with Gasteiger partial charge in [-0.3, -0.25) is 14.9 Å². The van der Waals surface area contributed by atoms with Crippen LogP contribution < -0.4 is 0 Å². The minimum absolute atomic E-state index is 0.0280. The Bertz CT molecular complexity index is 1140. The van der Waals surface area contributed by atoms with Gasteiger partial charge in [-0.1, -0.05) is 60.7 Å². The van der Waals surface area contributed by atoms with Gasteiger partial charge in [0.25, 0.3) is 5.69 Å². The first-order valence-corrected chi connectivity index (χ1v) is 8.51. The highest BCUT2D eigenvalue weighted by Crippen LogP contribution is 2.24. The van der Waals surface area contributed by atoms with Crippen LogP contribution in [0.4, 0.5) is 5.69 Å². The molecule has 0 N–H and O–H groups in total. The fourth-order valence-corrected chi connectivity index (χ4v) is 2.80. The predicted molar refractivity (Wildman–Crippen MR) is 103 cm³/mol. The number of aromatic nitrogens is 3. The molecule has 1 heterocycles. The number of nitrogens with zero attached hydrogens (tertiary/aromatic N) is 4. The third-order valence-corrected chi connectivity index (χ3v) is 4.20. The number of carbonyl (C=O) groups excluding carboxylic acids is 1. The van der Waals surface area contributed by atoms with Crippen LogP contribution in [-0.2, 0) is 0 Å². The maximum absolute atomic E-state index is 13.0. The van der Waals surface area contributed by atoms with Gasteiger partial charge in [-0.05, 0) is 12.1 Å². The Balaban J connectivity index is 1.82. The van der Waals surface area contributed by atoms with Crippen molar-refractivity contribution in [2.45, 2.75) is 0 Å². The van der Waals surface area contributed by atoms with Crippen molar-refractivity contribution in [1.29, 1.82) is 0 Å². The highest BCUT2D eigenvalue weighted by atomic mass is 16.6. The summed E-state index contributed by atoms with van der Waals surface area (Å²) in [4.78, 5) is 24.7. The number of nitro benzene ring substituents is 1. The van der Waals surface area contributed by atoms with Gasteiger partial charge in [0.2, 0.25) is 5.78 Å². The molecule has 0 unspecified atom stereocenters. The van der Waals surface area contributed by atoms with Crippen molar-refractivity contribution in [1.82, 2.24) is 15.0 Å². The molecule has 4 aromatic rings. The Kier molecular flexibility index (Phi) is 4.47. The molecule has 7 heteroatoms. The predicted octanol–water partition coefficient (Wildman–Crippen LogP) is 4.07. The zero-order valence-corrected chi connectivity index (χ0v) is 14.6. The lowest BCUT2D eigenvalue weighted by molar-refractivity contribution is -0.384. The molecule has 0 aliphatic carbocycles. The van der Waals surface area contributed by atoms with Crippen molar-refractivity contribution >= 4 is 11.5 Å². The molecule has 3 aromatic carbocycles. The first kappa shape index (κ1) is 17.3. The summed E-state index contributed by atoms with van der Waals surface area (Å²) < 4.78 is 0. The molecule has 0 aliphatic heterocycles. The standard InChI is InChI=1S/C21H14N4O3/c26-21(16-9-5-2-6-10-16)20-19(15-7-3-1-4-8-15)22-24(23-20)17-11-13-18(14-12-17)25(27)28/h1-14H. The van der Waals surface area contributed by atoms with Gasteiger partial charge in [0, 0.05) is 23.3 Å². The van der Waals surface area contributed by atoms with Crippen LogP contribution in [0, 0.1) is 10.1 Å². The van der Waals surface area contributed by atoms with Crippen LogP contribution in [0.25, 0.3) is 16.9 Å². The molecule has 0 amide bonds. The normalized spacial score (nSPS) is 10.6. The average molecular weight is 370 g/mol. The molecule has 0 spiro atoms. The monoisotopic (exact) mass is 370 g/mol. The largest absolute Gasteiger partial charge is 0.287 e. The highest BCUT2D eigenvalue weighted by molar-refractivity contribution is 6.10. The van der Waals surface area contributed by atoms with Crippen LogP contribution in [0.1, 0.15) is 16.1 Å². The molecule has 0 bridgehead atoms. The molecule has 0 fully saturated rings. The van der Waals surface area contributed by atoms with E-state index in [9.17, 15) is 14.9 Å². The van der Waals surface area contributed by atoms with E-state index in [1.807, 2.05) is 36.4 Å². The van der Waals surface area contributed by atoms with Crippen molar-refractivity contribution in [2.75, 3.05) is 0 Å². The van der Waals surface area contributed by atoms with Crippen molar-refractivity contribution in [3.05, 3.63) is 106 Å². The Labute approximate surface area is 160 Å². The van der Waals surface area contributed by atoms with Crippen molar-refractivity contribution in [3.63, 3.8) is 0 Å². The Morgan fingerprint density at radius 1 is 0.821 bits per heavy atom. The van der Waals surface area contributed by atoms with Crippen molar-refractivity contribution in [3.8, 4) is 16.9 Å². The topological polar surface area (TPSA) is 90.9 Å². The molecule has 0 saturated heterocycles. The maximum Gasteiger partial charge on any atom is 0.269 e. The summed E-state index contributed by atoms with van der Waals surface area (Å²) in [7, 11) is 0. The number of benzene rings is 3. The van der Waals surface area contributed by atoms with E-state index in [-0.39, 0.29) is 17.2 Å². The summed E-state index contributed by atoms with van der Waals surface area (Å²) in [5.41, 5.74) is 2.43. The van der Waals surface area contributed by atoms with E-state index in [0.29, 0.717) is 16.9 Å². The van der Waals surface area contributed by atoms with Gasteiger partial charge < -0.3 is 0 Å². The van der Waals surface area contributed by atoms with E-state index in [0.717, 1.165) is 5.56 Å². The van der Waals surface area contributed by atoms with E-state index in [4.69, 9.17) is 0 Å². The Morgan fingerprint density at radius 3 is 2.04 bits per heavy atom. The molecule has 4 rings (SSSR count). The van der Waals surface area contributed by atoms with Crippen LogP contribution >= 0.6 is 0 Å². The summed E-state index contributed by atoms with van der Waals surface area (Å²) in [5, 5.41) is 19.7. The third kappa shape index (κ3) is 3.28. The lowest BCUT2D eigenvalue weighted by Gasteiger charge is -2.00. The molecular weight excluding hydrogens is 356 g/mol. The molecule has 28 heavy (non-hydrogen) atoms. The minimum Gasteiger partial charge on any atom is -0.287 e. The summed E-state index contributed by atoms with van der Waals surface area (Å²) in [5.74, 6) is -0.243. The number of carbonyl (C=O) groups is 1. The van der Waals surface area contributed by atoms with Crippen LogP contribution in [0.15, 0.2) is 84.9 Å². The van der Waals surface area contributed by atoms with Crippen molar-refractivity contribution in [2.24, 2.45) is 0 Å². The second kappa shape index (κ2) is 7.24. The number of nitro groups is 1. The molecule has 1 aromatic heterocycles. The Morgan fingerprint density at radius 2 is 1.43 bits per heavy atom. The van der Waals surface area contributed by atoms with Gasteiger partial charge >= 0.3 is 0 Å². The van der Waals surface area contributed by atoms with E-state index >= 15 is 0 Å². The van der Waals surface area contributed by atoms with Crippen LogP contribution in [-0.4, -0.2) is 25.7 Å². The molecule has 0 radical (unpaired) electrons. The first-order valence-electron chi connectivity index (χ1n) is 8.51. The molecule has 136 valence electrons. The van der Waals surface area contributed by atoms with Crippen LogP contribution in [0.3, 0.4) is 0 Å². The summed E-state index contributed by atoms with van der Waals surface area (Å²) in [6.45, 7) is 0. The van der Waals surface area contributed by atoms with Gasteiger partial charge in [0.15, 0.2) is 5.69 Å². The van der Waals surface area contributed by atoms with Gasteiger partial charge in [-0.2, -0.15) is 4.80 Å². The van der Waals surface area contributed by atoms with E-state index in [1.165, 1.54) is 16.9 Å². The minimum atomic E-state index is -0.472. The Hall–Kier alpha value is -4.13. The van der Waals surface area contributed by atoms with E-state index in [2.05, 4.69) is 10.2 Å².